The van der Waals surface area contributed by atoms with E-state index in [9.17, 15) is 14.4 Å². The SMILES string of the molecule is CC(C)(C)OC(=O)NC1CN(c2cncc(-c3ccc4c(c3)c(-c3cc5c(N6CCCCC6)cccc5n3C(=O)OC(C)(C)C)nn4C(=O)OC(C)(C)C)n2)C1. The number of nitrogens with zero attached hydrogens (tertiary/aromatic N) is 7. The zero-order chi connectivity index (χ0) is 40.2. The summed E-state index contributed by atoms with van der Waals surface area (Å²) in [4.78, 5) is 54.1. The van der Waals surface area contributed by atoms with Gasteiger partial charge in [0.1, 0.15) is 28.3 Å². The van der Waals surface area contributed by atoms with Crippen molar-refractivity contribution >= 4 is 51.6 Å². The van der Waals surface area contributed by atoms with Crippen LogP contribution < -0.4 is 15.1 Å². The molecule has 2 aromatic carbocycles. The molecule has 0 unspecified atom stereocenters. The van der Waals surface area contributed by atoms with Crippen molar-refractivity contribution in [2.75, 3.05) is 36.0 Å². The van der Waals surface area contributed by atoms with Gasteiger partial charge in [0, 0.05) is 48.2 Å². The Morgan fingerprint density at radius 2 is 1.41 bits per heavy atom. The molecule has 7 rings (SSSR count). The van der Waals surface area contributed by atoms with E-state index in [2.05, 4.69) is 21.3 Å². The summed E-state index contributed by atoms with van der Waals surface area (Å²) >= 11 is 0. The van der Waals surface area contributed by atoms with Crippen LogP contribution in [-0.4, -0.2) is 91.6 Å². The summed E-state index contributed by atoms with van der Waals surface area (Å²) in [5.41, 5.74) is 2.29. The fourth-order valence-electron chi connectivity index (χ4n) is 7.09. The van der Waals surface area contributed by atoms with Crippen LogP contribution in [0.3, 0.4) is 0 Å². The van der Waals surface area contributed by atoms with E-state index in [4.69, 9.17) is 24.3 Å². The second kappa shape index (κ2) is 14.4. The first-order valence-electron chi connectivity index (χ1n) is 19.3. The van der Waals surface area contributed by atoms with E-state index in [-0.39, 0.29) is 6.04 Å². The molecule has 2 saturated heterocycles. The van der Waals surface area contributed by atoms with E-state index in [1.165, 1.54) is 11.1 Å². The fourth-order valence-corrected chi connectivity index (χ4v) is 7.09. The number of ether oxygens (including phenoxy) is 3. The predicted octanol–water partition coefficient (Wildman–Crippen LogP) is 8.39. The first kappa shape index (κ1) is 38.6. The summed E-state index contributed by atoms with van der Waals surface area (Å²) in [5.74, 6) is 0.657. The van der Waals surface area contributed by atoms with Gasteiger partial charge in [-0.3, -0.25) is 4.98 Å². The van der Waals surface area contributed by atoms with Gasteiger partial charge >= 0.3 is 18.3 Å². The van der Waals surface area contributed by atoms with Crippen molar-refractivity contribution in [3.05, 3.63) is 54.9 Å². The van der Waals surface area contributed by atoms with Crippen molar-refractivity contribution in [2.24, 2.45) is 0 Å². The number of hydrogen-bond acceptors (Lipinski definition) is 11. The number of fused-ring (bicyclic) bond motifs is 2. The molecule has 2 fully saturated rings. The monoisotopic (exact) mass is 764 g/mol. The average molecular weight is 765 g/mol. The minimum absolute atomic E-state index is 0.0833. The van der Waals surface area contributed by atoms with Crippen LogP contribution >= 0.6 is 0 Å². The van der Waals surface area contributed by atoms with Crippen LogP contribution in [-0.2, 0) is 14.2 Å². The number of nitrogens with one attached hydrogen (secondary N) is 1. The lowest BCUT2D eigenvalue weighted by Gasteiger charge is -2.40. The van der Waals surface area contributed by atoms with Crippen molar-refractivity contribution in [1.29, 1.82) is 0 Å². The maximum absolute atomic E-state index is 14.2. The zero-order valence-electron chi connectivity index (χ0n) is 33.8. The highest BCUT2D eigenvalue weighted by Gasteiger charge is 2.32. The Kier molecular flexibility index (Phi) is 9.96. The van der Waals surface area contributed by atoms with Crippen LogP contribution in [0.2, 0.25) is 0 Å². The molecule has 0 aliphatic carbocycles. The van der Waals surface area contributed by atoms with Crippen molar-refractivity contribution in [1.82, 2.24) is 29.6 Å². The van der Waals surface area contributed by atoms with Crippen LogP contribution in [0.1, 0.15) is 81.6 Å². The quantitative estimate of drug-likeness (QED) is 0.172. The van der Waals surface area contributed by atoms with Gasteiger partial charge < -0.3 is 29.3 Å². The summed E-state index contributed by atoms with van der Waals surface area (Å²) in [6.07, 6.45) is 5.09. The number of rotatable bonds is 5. The third kappa shape index (κ3) is 8.29. The smallest absolute Gasteiger partial charge is 0.435 e. The highest BCUT2D eigenvalue weighted by molar-refractivity contribution is 6.06. The first-order chi connectivity index (χ1) is 26.3. The van der Waals surface area contributed by atoms with E-state index in [1.54, 1.807) is 37.7 Å². The largest absolute Gasteiger partial charge is 0.444 e. The van der Waals surface area contributed by atoms with E-state index < -0.39 is 35.1 Å². The number of carbonyl (C=O) groups excluding carboxylic acids is 3. The number of benzene rings is 2. The molecule has 0 spiro atoms. The molecular weight excluding hydrogens is 713 g/mol. The molecule has 296 valence electrons. The highest BCUT2D eigenvalue weighted by atomic mass is 16.6. The summed E-state index contributed by atoms with van der Waals surface area (Å²) in [5, 5.41) is 9.29. The van der Waals surface area contributed by atoms with E-state index in [1.807, 2.05) is 82.8 Å². The van der Waals surface area contributed by atoms with Gasteiger partial charge in [-0.05, 0) is 112 Å². The number of alkyl carbamates (subject to hydrolysis) is 1. The Balaban J connectivity index is 1.32. The molecule has 0 saturated carbocycles. The number of piperidine rings is 1. The molecule has 56 heavy (non-hydrogen) atoms. The lowest BCUT2D eigenvalue weighted by atomic mass is 10.1. The maximum Gasteiger partial charge on any atom is 0.435 e. The molecule has 14 nitrogen and oxygen atoms in total. The van der Waals surface area contributed by atoms with Crippen LogP contribution in [0, 0.1) is 0 Å². The van der Waals surface area contributed by atoms with E-state index >= 15 is 0 Å². The standard InChI is InChI=1S/C42H52N8O6/c1-40(2,3)54-37(51)44-27-24-48(25-27)35-23-43-22-30(45-35)26-16-17-33-29(20-26)36(46-50(33)39(53)56-42(7,8)9)34-21-28-31(47-18-11-10-12-19-47)14-13-15-32(28)49(34)38(52)55-41(4,5)6/h13-17,20-23,27H,10-12,18-19,24-25H2,1-9H3,(H,44,51). The van der Waals surface area contributed by atoms with Crippen molar-refractivity contribution in [3.8, 4) is 22.6 Å². The summed E-state index contributed by atoms with van der Waals surface area (Å²) in [6, 6.07) is 13.4. The number of hydrogen-bond donors (Lipinski definition) is 1. The Morgan fingerprint density at radius 1 is 0.732 bits per heavy atom. The summed E-state index contributed by atoms with van der Waals surface area (Å²) in [6.45, 7) is 19.4. The molecule has 14 heteroatoms. The second-order valence-corrected chi connectivity index (χ2v) is 17.6. The Morgan fingerprint density at radius 3 is 2.09 bits per heavy atom. The Labute approximate surface area is 327 Å². The van der Waals surface area contributed by atoms with Gasteiger partial charge in [-0.25, -0.2) is 23.9 Å². The molecule has 2 aliphatic heterocycles. The minimum atomic E-state index is -0.779. The lowest BCUT2D eigenvalue weighted by Crippen LogP contribution is -2.60. The first-order valence-corrected chi connectivity index (χ1v) is 19.3. The van der Waals surface area contributed by atoms with Gasteiger partial charge in [0.2, 0.25) is 0 Å². The number of aromatic nitrogens is 5. The van der Waals surface area contributed by atoms with Crippen LogP contribution in [0.15, 0.2) is 54.9 Å². The predicted molar refractivity (Wildman–Crippen MR) is 216 cm³/mol. The third-order valence-corrected chi connectivity index (χ3v) is 9.43. The highest BCUT2D eigenvalue weighted by Crippen LogP contribution is 2.39. The molecule has 0 bridgehead atoms. The van der Waals surface area contributed by atoms with Crippen LogP contribution in [0.25, 0.3) is 44.5 Å². The average Bonchev–Trinajstić information content (AvgIpc) is 3.66. The van der Waals surface area contributed by atoms with Gasteiger partial charge in [-0.2, -0.15) is 9.78 Å². The number of anilines is 2. The van der Waals surface area contributed by atoms with Crippen molar-refractivity contribution < 1.29 is 28.6 Å². The van der Waals surface area contributed by atoms with E-state index in [0.717, 1.165) is 42.6 Å². The molecule has 5 heterocycles. The van der Waals surface area contributed by atoms with Crippen molar-refractivity contribution in [3.63, 3.8) is 0 Å². The minimum Gasteiger partial charge on any atom is -0.444 e. The third-order valence-electron chi connectivity index (χ3n) is 9.43. The van der Waals surface area contributed by atoms with Crippen LogP contribution in [0.5, 0.6) is 0 Å². The molecular formula is C42H52N8O6. The van der Waals surface area contributed by atoms with Crippen molar-refractivity contribution in [2.45, 2.75) is 104 Å². The van der Waals surface area contributed by atoms with Gasteiger partial charge in [0.25, 0.3) is 0 Å². The van der Waals surface area contributed by atoms with Crippen LogP contribution in [0.4, 0.5) is 25.9 Å². The number of carbonyl (C=O) groups is 3. The van der Waals surface area contributed by atoms with Gasteiger partial charge in [0.15, 0.2) is 0 Å². The zero-order valence-corrected chi connectivity index (χ0v) is 33.8. The van der Waals surface area contributed by atoms with Gasteiger partial charge in [-0.15, -0.1) is 0 Å². The van der Waals surface area contributed by atoms with Gasteiger partial charge in [-0.1, -0.05) is 12.1 Å². The molecule has 1 amide bonds. The number of amides is 1. The Hall–Kier alpha value is -5.66. The Bertz CT molecular complexity index is 2300. The fraction of sp³-hybridized carbons (Fsp3) is 0.476. The second-order valence-electron chi connectivity index (χ2n) is 17.6. The summed E-state index contributed by atoms with van der Waals surface area (Å²) < 4.78 is 20.0. The molecule has 2 aliphatic rings. The maximum atomic E-state index is 14.2. The lowest BCUT2D eigenvalue weighted by molar-refractivity contribution is 0.0490. The molecule has 1 N–H and O–H groups in total. The molecule has 5 aromatic rings. The van der Waals surface area contributed by atoms with E-state index in [0.29, 0.717) is 52.4 Å². The van der Waals surface area contributed by atoms with Gasteiger partial charge in [0.05, 0.1) is 40.9 Å². The molecule has 3 aromatic heterocycles. The summed E-state index contributed by atoms with van der Waals surface area (Å²) in [7, 11) is 0. The normalized spacial score (nSPS) is 15.5. The molecule has 0 radical (unpaired) electrons. The topological polar surface area (TPSA) is 146 Å². The molecule has 0 atom stereocenters.